The first-order valence-corrected chi connectivity index (χ1v) is 1.98. The first-order valence-electron chi connectivity index (χ1n) is 1.18. The van der Waals surface area contributed by atoms with Crippen LogP contribution in [-0.4, -0.2) is 0 Å². The molecule has 0 N–H and O–H groups in total. The van der Waals surface area contributed by atoms with Crippen LogP contribution in [-0.2, 0) is 4.28 Å². The monoisotopic (exact) mass is 88.0 g/mol. The maximum Gasteiger partial charge on any atom is 0.0643 e. The summed E-state index contributed by atoms with van der Waals surface area (Å²) in [5.41, 5.74) is 3.37. The van der Waals surface area contributed by atoms with E-state index in [0.717, 1.165) is 0 Å². The zero-order valence-corrected chi connectivity index (χ0v) is 3.23. The summed E-state index contributed by atoms with van der Waals surface area (Å²) in [4.78, 5) is 0. The van der Waals surface area contributed by atoms with Crippen molar-refractivity contribution in [1.29, 1.82) is 0 Å². The Hall–Kier alpha value is -0.150. The van der Waals surface area contributed by atoms with Crippen molar-refractivity contribution in [1.82, 2.24) is 5.48 Å². The Kier molecular flexibility index (Phi) is 0.813. The molecule has 0 aromatic carbocycles. The summed E-state index contributed by atoms with van der Waals surface area (Å²) < 4.78 is 4.38. The number of hydrogen-bond donors (Lipinski definition) is 0. The van der Waals surface area contributed by atoms with E-state index in [1.807, 2.05) is 0 Å². The maximum atomic E-state index is 4.38. The molecule has 0 unspecified atom stereocenters. The van der Waals surface area contributed by atoms with Crippen LogP contribution in [0, 0.1) is 0 Å². The molecule has 0 saturated carbocycles. The van der Waals surface area contributed by atoms with Crippen molar-refractivity contribution in [3.63, 3.8) is 0 Å². The number of nitrogens with zero attached hydrogens (tertiary/aromatic N) is 1. The predicted molar refractivity (Wildman–Crippen MR) is 19.9 cm³/mol. The van der Waals surface area contributed by atoms with E-state index in [9.17, 15) is 0 Å². The third kappa shape index (κ3) is 0.560. The molecule has 5 heavy (non-hydrogen) atoms. The molecule has 2 nitrogen and oxygen atoms in total. The zero-order chi connectivity index (χ0) is 3.54. The van der Waals surface area contributed by atoms with Crippen LogP contribution in [0.5, 0.6) is 0 Å². The van der Waals surface area contributed by atoms with Crippen molar-refractivity contribution in [2.75, 3.05) is 0 Å². The van der Waals surface area contributed by atoms with Crippen LogP contribution in [0.25, 0.3) is 0 Å². The summed E-state index contributed by atoms with van der Waals surface area (Å²) in [7, 11) is 0. The molecule has 0 amide bonds. The molecule has 0 aliphatic carbocycles. The van der Waals surface area contributed by atoms with Crippen molar-refractivity contribution in [3.05, 3.63) is 11.6 Å². The molecule has 0 atom stereocenters. The summed E-state index contributed by atoms with van der Waals surface area (Å²) in [5, 5.41) is 1.76. The van der Waals surface area contributed by atoms with Gasteiger partial charge in [0.2, 0.25) is 0 Å². The van der Waals surface area contributed by atoms with Gasteiger partial charge in [-0.1, -0.05) is 0 Å². The van der Waals surface area contributed by atoms with Crippen molar-refractivity contribution in [3.8, 4) is 0 Å². The van der Waals surface area contributed by atoms with Gasteiger partial charge in [0.05, 0.1) is 18.2 Å². The summed E-state index contributed by atoms with van der Waals surface area (Å²) >= 11 is 1.23. The largest absolute Gasteiger partial charge is 0.176 e. The topological polar surface area (TPSA) is 23.3 Å². The van der Waals surface area contributed by atoms with Crippen LogP contribution < -0.4 is 5.48 Å². The fourth-order valence-electron chi connectivity index (χ4n) is 0.124. The highest BCUT2D eigenvalue weighted by Crippen LogP contribution is 2.06. The van der Waals surface area contributed by atoms with Gasteiger partial charge in [0.1, 0.15) is 0 Å². The molecule has 3 heteroatoms. The van der Waals surface area contributed by atoms with Gasteiger partial charge in [0.25, 0.3) is 0 Å². The van der Waals surface area contributed by atoms with Crippen LogP contribution in [0.15, 0.2) is 11.6 Å². The molecule has 1 heterocycles. The lowest BCUT2D eigenvalue weighted by Gasteiger charge is -1.73. The molecule has 0 saturated heterocycles. The average molecular weight is 88.1 g/mol. The van der Waals surface area contributed by atoms with E-state index >= 15 is 0 Å². The number of hydrogen-bond acceptors (Lipinski definition) is 2. The van der Waals surface area contributed by atoms with E-state index < -0.39 is 0 Å². The van der Waals surface area contributed by atoms with Gasteiger partial charge in [-0.25, -0.2) is 0 Å². The van der Waals surface area contributed by atoms with Gasteiger partial charge in [-0.2, -0.15) is 4.28 Å². The predicted octanol–water partition coefficient (Wildman–Crippen LogP) is 0.655. The smallest absolute Gasteiger partial charge is 0.0643 e. The highest BCUT2D eigenvalue weighted by atomic mass is 32.2. The second kappa shape index (κ2) is 1.33. The molecule has 0 aromatic heterocycles. The Morgan fingerprint density at radius 3 is 3.00 bits per heavy atom. The van der Waals surface area contributed by atoms with E-state index in [2.05, 4.69) is 9.76 Å². The molecule has 1 aliphatic rings. The molecule has 1 aliphatic heterocycles. The Morgan fingerprint density at radius 2 is 2.80 bits per heavy atom. The van der Waals surface area contributed by atoms with Gasteiger partial charge < -0.3 is 0 Å². The normalized spacial score (nSPS) is 19.2. The zero-order valence-electron chi connectivity index (χ0n) is 2.42. The summed E-state index contributed by atoms with van der Waals surface area (Å²) in [6, 6.07) is 0. The second-order valence-electron chi connectivity index (χ2n) is 0.561. The van der Waals surface area contributed by atoms with Crippen LogP contribution in [0.1, 0.15) is 0 Å². The fraction of sp³-hybridized carbons (Fsp3) is 0. The third-order valence-corrected chi connectivity index (χ3v) is 0.668. The Morgan fingerprint density at radius 1 is 1.80 bits per heavy atom. The highest BCUT2D eigenvalue weighted by Gasteiger charge is 1.86. The van der Waals surface area contributed by atoms with Crippen molar-refractivity contribution in [2.45, 2.75) is 0 Å². The molecule has 1 radical (unpaired) electrons. The van der Waals surface area contributed by atoms with Crippen molar-refractivity contribution in [2.24, 2.45) is 0 Å². The average Bonchev–Trinajstić information content (AvgIpc) is 1.76. The lowest BCUT2D eigenvalue weighted by atomic mass is 11.1. The van der Waals surface area contributed by atoms with Gasteiger partial charge in [0.15, 0.2) is 0 Å². The minimum atomic E-state index is 1.23. The SMILES string of the molecule is C1=CSO[N]1. The highest BCUT2D eigenvalue weighted by molar-refractivity contribution is 7.97. The Bertz CT molecular complexity index is 47.6. The van der Waals surface area contributed by atoms with E-state index in [-0.39, 0.29) is 0 Å². The molecular weight excluding hydrogens is 86.1 g/mol. The third-order valence-electron chi connectivity index (χ3n) is 0.263. The van der Waals surface area contributed by atoms with Gasteiger partial charge >= 0.3 is 0 Å². The van der Waals surface area contributed by atoms with Gasteiger partial charge in [-0.15, -0.1) is 5.48 Å². The molecule has 27 valence electrons. The Labute approximate surface area is 34.4 Å². The lowest BCUT2D eigenvalue weighted by Crippen LogP contribution is -1.77. The van der Waals surface area contributed by atoms with Gasteiger partial charge in [-0.3, -0.25) is 0 Å². The van der Waals surface area contributed by atoms with Crippen LogP contribution in [0.2, 0.25) is 0 Å². The molecule has 0 spiro atoms. The minimum Gasteiger partial charge on any atom is -0.176 e. The van der Waals surface area contributed by atoms with Crippen LogP contribution in [0.4, 0.5) is 0 Å². The van der Waals surface area contributed by atoms with Gasteiger partial charge in [0, 0.05) is 5.41 Å². The number of hydroxylamine groups is 1. The first kappa shape index (κ1) is 3.06. The van der Waals surface area contributed by atoms with E-state index in [1.165, 1.54) is 12.0 Å². The fourth-order valence-corrected chi connectivity index (χ4v) is 0.373. The molecule has 0 bridgehead atoms. The Balaban J connectivity index is 2.32. The van der Waals surface area contributed by atoms with E-state index in [4.69, 9.17) is 0 Å². The molecular formula is C2H2NOS. The maximum absolute atomic E-state index is 4.38. The van der Waals surface area contributed by atoms with Crippen LogP contribution >= 0.6 is 12.0 Å². The summed E-state index contributed by atoms with van der Waals surface area (Å²) in [6.07, 6.45) is 1.60. The number of rotatable bonds is 0. The molecule has 0 aromatic rings. The van der Waals surface area contributed by atoms with Crippen molar-refractivity contribution < 1.29 is 4.28 Å². The van der Waals surface area contributed by atoms with Gasteiger partial charge in [-0.05, 0) is 0 Å². The second-order valence-corrected chi connectivity index (χ2v) is 1.18. The van der Waals surface area contributed by atoms with Crippen LogP contribution in [0.3, 0.4) is 0 Å². The summed E-state index contributed by atoms with van der Waals surface area (Å²) in [6.45, 7) is 0. The van der Waals surface area contributed by atoms with E-state index in [1.54, 1.807) is 11.6 Å². The quantitative estimate of drug-likeness (QED) is 0.406. The first-order chi connectivity index (χ1) is 2.50. The van der Waals surface area contributed by atoms with E-state index in [0.29, 0.717) is 0 Å². The standard InChI is InChI=1S/C2H2NOS/c1-2-5-4-3-1/h1-2H. The lowest BCUT2D eigenvalue weighted by molar-refractivity contribution is 0.294. The molecule has 0 fully saturated rings. The van der Waals surface area contributed by atoms with Crippen molar-refractivity contribution >= 4 is 12.0 Å². The minimum absolute atomic E-state index is 1.23. The summed E-state index contributed by atoms with van der Waals surface area (Å²) in [5.74, 6) is 0. The molecule has 1 rings (SSSR count).